The van der Waals surface area contributed by atoms with Crippen LogP contribution < -0.4 is 5.73 Å². The minimum atomic E-state index is -0.456. The van der Waals surface area contributed by atoms with Gasteiger partial charge in [0.15, 0.2) is 0 Å². The predicted octanol–water partition coefficient (Wildman–Crippen LogP) is 3.05. The summed E-state index contributed by atoms with van der Waals surface area (Å²) in [5.74, 6) is 0.303. The fourth-order valence-corrected chi connectivity index (χ4v) is 2.72. The van der Waals surface area contributed by atoms with E-state index in [1.165, 1.54) is 30.0 Å². The van der Waals surface area contributed by atoms with Crippen LogP contribution in [0.4, 0.5) is 5.69 Å². The molecule has 0 atom stereocenters. The standard InChI is InChI=1S/C15H16N2O2S/c1-10-5-3-4-6-11(10)9-20-14-12(16)7-8-13(17-14)15(18)19-2/h3-8H,9,16H2,1-2H3. The molecule has 4 nitrogen and oxygen atoms in total. The number of thioether (sulfide) groups is 1. The highest BCUT2D eigenvalue weighted by atomic mass is 32.2. The van der Waals surface area contributed by atoms with Crippen molar-refractivity contribution in [3.05, 3.63) is 53.2 Å². The third-order valence-corrected chi connectivity index (χ3v) is 3.97. The van der Waals surface area contributed by atoms with Gasteiger partial charge in [-0.05, 0) is 30.2 Å². The van der Waals surface area contributed by atoms with Crippen LogP contribution in [0.1, 0.15) is 21.6 Å². The largest absolute Gasteiger partial charge is 0.464 e. The highest BCUT2D eigenvalue weighted by molar-refractivity contribution is 7.98. The topological polar surface area (TPSA) is 65.2 Å². The van der Waals surface area contributed by atoms with Crippen molar-refractivity contribution in [3.63, 3.8) is 0 Å². The van der Waals surface area contributed by atoms with Gasteiger partial charge in [-0.1, -0.05) is 36.0 Å². The normalized spacial score (nSPS) is 10.3. The Kier molecular flexibility index (Phi) is 4.63. The lowest BCUT2D eigenvalue weighted by atomic mass is 10.1. The molecular weight excluding hydrogens is 272 g/mol. The number of hydrogen-bond acceptors (Lipinski definition) is 5. The maximum absolute atomic E-state index is 11.5. The second kappa shape index (κ2) is 6.43. The van der Waals surface area contributed by atoms with Gasteiger partial charge >= 0.3 is 5.97 Å². The van der Waals surface area contributed by atoms with E-state index in [2.05, 4.69) is 28.8 Å². The summed E-state index contributed by atoms with van der Waals surface area (Å²) in [6.07, 6.45) is 0. The first-order chi connectivity index (χ1) is 9.61. The third kappa shape index (κ3) is 3.30. The van der Waals surface area contributed by atoms with E-state index in [1.807, 2.05) is 12.1 Å². The highest BCUT2D eigenvalue weighted by Gasteiger charge is 2.11. The van der Waals surface area contributed by atoms with Crippen molar-refractivity contribution in [3.8, 4) is 0 Å². The number of rotatable bonds is 4. The molecule has 0 saturated carbocycles. The molecule has 1 heterocycles. The first-order valence-electron chi connectivity index (χ1n) is 6.14. The van der Waals surface area contributed by atoms with Crippen LogP contribution >= 0.6 is 11.8 Å². The predicted molar refractivity (Wildman–Crippen MR) is 80.7 cm³/mol. The number of nitrogen functional groups attached to an aromatic ring is 1. The van der Waals surface area contributed by atoms with Crippen LogP contribution in [0.5, 0.6) is 0 Å². The van der Waals surface area contributed by atoms with E-state index in [9.17, 15) is 4.79 Å². The van der Waals surface area contributed by atoms with Gasteiger partial charge in [0.2, 0.25) is 0 Å². The second-order valence-electron chi connectivity index (χ2n) is 4.30. The molecule has 104 valence electrons. The fourth-order valence-electron chi connectivity index (χ4n) is 1.70. The van der Waals surface area contributed by atoms with Gasteiger partial charge in [0.25, 0.3) is 0 Å². The molecule has 2 aromatic rings. The van der Waals surface area contributed by atoms with Crippen LogP contribution in [-0.2, 0) is 10.5 Å². The molecule has 0 aliphatic heterocycles. The van der Waals surface area contributed by atoms with Crippen LogP contribution in [0.3, 0.4) is 0 Å². The van der Waals surface area contributed by atoms with E-state index < -0.39 is 5.97 Å². The quantitative estimate of drug-likeness (QED) is 0.692. The number of methoxy groups -OCH3 is 1. The molecule has 5 heteroatoms. The maximum Gasteiger partial charge on any atom is 0.356 e. The van der Waals surface area contributed by atoms with Crippen molar-refractivity contribution in [1.82, 2.24) is 4.98 Å². The van der Waals surface area contributed by atoms with E-state index in [1.54, 1.807) is 12.1 Å². The Morgan fingerprint density at radius 1 is 1.30 bits per heavy atom. The Bertz CT molecular complexity index is 629. The van der Waals surface area contributed by atoms with Gasteiger partial charge in [0, 0.05) is 5.75 Å². The molecule has 1 aromatic heterocycles. The molecule has 0 bridgehead atoms. The summed E-state index contributed by atoms with van der Waals surface area (Å²) in [6, 6.07) is 11.4. The van der Waals surface area contributed by atoms with Crippen LogP contribution in [0.25, 0.3) is 0 Å². The number of carbonyl (C=O) groups is 1. The van der Waals surface area contributed by atoms with Gasteiger partial charge in [-0.2, -0.15) is 0 Å². The second-order valence-corrected chi connectivity index (χ2v) is 5.26. The fraction of sp³-hybridized carbons (Fsp3) is 0.200. The molecule has 0 aliphatic rings. The molecule has 0 spiro atoms. The van der Waals surface area contributed by atoms with Crippen molar-refractivity contribution in [2.24, 2.45) is 0 Å². The zero-order valence-electron chi connectivity index (χ0n) is 11.4. The van der Waals surface area contributed by atoms with Gasteiger partial charge in [0.1, 0.15) is 10.7 Å². The number of nitrogens with zero attached hydrogens (tertiary/aromatic N) is 1. The van der Waals surface area contributed by atoms with E-state index in [4.69, 9.17) is 5.73 Å². The average Bonchev–Trinajstić information content (AvgIpc) is 2.47. The van der Waals surface area contributed by atoms with E-state index in [-0.39, 0.29) is 5.69 Å². The average molecular weight is 288 g/mol. The van der Waals surface area contributed by atoms with Crippen molar-refractivity contribution in [2.45, 2.75) is 17.7 Å². The lowest BCUT2D eigenvalue weighted by Gasteiger charge is -2.08. The molecule has 0 aliphatic carbocycles. The molecule has 0 saturated heterocycles. The van der Waals surface area contributed by atoms with E-state index >= 15 is 0 Å². The van der Waals surface area contributed by atoms with E-state index in [0.717, 1.165) is 5.75 Å². The number of carbonyl (C=O) groups excluding carboxylic acids is 1. The van der Waals surface area contributed by atoms with Crippen LogP contribution in [0, 0.1) is 6.92 Å². The Hall–Kier alpha value is -2.01. The lowest BCUT2D eigenvalue weighted by molar-refractivity contribution is 0.0593. The van der Waals surface area contributed by atoms with Crippen LogP contribution in [0.15, 0.2) is 41.4 Å². The minimum absolute atomic E-state index is 0.272. The molecule has 0 fully saturated rings. The van der Waals surface area contributed by atoms with Crippen molar-refractivity contribution in [2.75, 3.05) is 12.8 Å². The van der Waals surface area contributed by atoms with Crippen LogP contribution in [-0.4, -0.2) is 18.1 Å². The summed E-state index contributed by atoms with van der Waals surface area (Å²) in [6.45, 7) is 2.07. The van der Waals surface area contributed by atoms with Crippen LogP contribution in [0.2, 0.25) is 0 Å². The summed E-state index contributed by atoms with van der Waals surface area (Å²) in [7, 11) is 1.33. The van der Waals surface area contributed by atoms with Gasteiger partial charge < -0.3 is 10.5 Å². The molecule has 1 aromatic carbocycles. The highest BCUT2D eigenvalue weighted by Crippen LogP contribution is 2.27. The zero-order chi connectivity index (χ0) is 14.5. The Morgan fingerprint density at radius 3 is 2.75 bits per heavy atom. The number of aromatic nitrogens is 1. The molecule has 0 radical (unpaired) electrons. The monoisotopic (exact) mass is 288 g/mol. The van der Waals surface area contributed by atoms with Gasteiger partial charge in [-0.15, -0.1) is 0 Å². The number of benzene rings is 1. The SMILES string of the molecule is COC(=O)c1ccc(N)c(SCc2ccccc2C)n1. The Balaban J connectivity index is 2.17. The molecule has 2 N–H and O–H groups in total. The van der Waals surface area contributed by atoms with E-state index in [0.29, 0.717) is 10.7 Å². The Labute approximate surface area is 122 Å². The number of hydrogen-bond donors (Lipinski definition) is 1. The minimum Gasteiger partial charge on any atom is -0.464 e. The van der Waals surface area contributed by atoms with Crippen molar-refractivity contribution in [1.29, 1.82) is 0 Å². The van der Waals surface area contributed by atoms with Gasteiger partial charge in [-0.3, -0.25) is 0 Å². The molecule has 0 unspecified atom stereocenters. The van der Waals surface area contributed by atoms with Crippen molar-refractivity contribution < 1.29 is 9.53 Å². The smallest absolute Gasteiger partial charge is 0.356 e. The number of anilines is 1. The summed E-state index contributed by atoms with van der Waals surface area (Å²) in [5.41, 5.74) is 9.18. The number of pyridine rings is 1. The summed E-state index contributed by atoms with van der Waals surface area (Å²) < 4.78 is 4.66. The molecule has 2 rings (SSSR count). The summed E-state index contributed by atoms with van der Waals surface area (Å²) in [4.78, 5) is 15.7. The zero-order valence-corrected chi connectivity index (χ0v) is 12.2. The Morgan fingerprint density at radius 2 is 2.05 bits per heavy atom. The van der Waals surface area contributed by atoms with Crippen molar-refractivity contribution >= 4 is 23.4 Å². The molecule has 0 amide bonds. The number of aryl methyl sites for hydroxylation is 1. The lowest BCUT2D eigenvalue weighted by Crippen LogP contribution is -2.06. The van der Waals surface area contributed by atoms with Gasteiger partial charge in [0.05, 0.1) is 12.8 Å². The first kappa shape index (κ1) is 14.4. The number of ether oxygens (including phenoxy) is 1. The van der Waals surface area contributed by atoms with Gasteiger partial charge in [-0.25, -0.2) is 9.78 Å². The molecular formula is C15H16N2O2S. The third-order valence-electron chi connectivity index (χ3n) is 2.91. The number of nitrogens with two attached hydrogens (primary N) is 1. The molecule has 20 heavy (non-hydrogen) atoms. The maximum atomic E-state index is 11.5. The summed E-state index contributed by atoms with van der Waals surface area (Å²) >= 11 is 1.51. The first-order valence-corrected chi connectivity index (χ1v) is 7.12. The summed E-state index contributed by atoms with van der Waals surface area (Å²) in [5, 5.41) is 0.649. The number of esters is 1.